The van der Waals surface area contributed by atoms with Crippen LogP contribution in [0.25, 0.3) is 0 Å². The van der Waals surface area contributed by atoms with Gasteiger partial charge in [0.15, 0.2) is 11.5 Å². The van der Waals surface area contributed by atoms with Gasteiger partial charge in [-0.05, 0) is 62.7 Å². The van der Waals surface area contributed by atoms with E-state index >= 15 is 0 Å². The number of hydrogen-bond donors (Lipinski definition) is 1. The lowest BCUT2D eigenvalue weighted by molar-refractivity contribution is -0.111. The Hall–Kier alpha value is -1.26. The molecule has 2 fully saturated rings. The fourth-order valence-corrected chi connectivity index (χ4v) is 6.09. The Morgan fingerprint density at radius 3 is 2.39 bits per heavy atom. The highest BCUT2D eigenvalue weighted by molar-refractivity contribution is 5.57. The molecule has 0 amide bonds. The maximum Gasteiger partial charge on any atom is 0.161 e. The van der Waals surface area contributed by atoms with E-state index in [0.717, 1.165) is 44.2 Å². The molecule has 4 heteroatoms. The molecule has 2 bridgehead atoms. The van der Waals surface area contributed by atoms with Gasteiger partial charge in [0, 0.05) is 24.1 Å². The van der Waals surface area contributed by atoms with Gasteiger partial charge in [0.25, 0.3) is 0 Å². The summed E-state index contributed by atoms with van der Waals surface area (Å²) in [6.07, 6.45) is 5.62. The van der Waals surface area contributed by atoms with Gasteiger partial charge in [-0.2, -0.15) is 0 Å². The molecular weight excluding hydrogens is 350 g/mol. The number of hydrogen-bond acceptors (Lipinski definition) is 4. The molecular formula is C24H41NO3. The third-order valence-corrected chi connectivity index (χ3v) is 7.49. The van der Waals surface area contributed by atoms with Crippen LogP contribution in [0, 0.1) is 5.41 Å². The van der Waals surface area contributed by atoms with Crippen LogP contribution in [-0.4, -0.2) is 50.0 Å². The van der Waals surface area contributed by atoms with Crippen LogP contribution in [0.5, 0.6) is 11.5 Å². The number of piperidine rings is 1. The molecule has 1 heterocycles. The number of fused-ring (bicyclic) bond motifs is 1. The topological polar surface area (TPSA) is 41.9 Å². The molecule has 4 nitrogen and oxygen atoms in total. The summed E-state index contributed by atoms with van der Waals surface area (Å²) in [7, 11) is 5.72. The Bertz CT molecular complexity index is 661. The molecule has 1 N–H and O–H groups in total. The van der Waals surface area contributed by atoms with Crippen LogP contribution in [-0.2, 0) is 16.6 Å². The summed E-state index contributed by atoms with van der Waals surface area (Å²) >= 11 is 0. The zero-order chi connectivity index (χ0) is 21.1. The van der Waals surface area contributed by atoms with Gasteiger partial charge in [0.05, 0.1) is 13.2 Å². The lowest BCUT2D eigenvalue weighted by Gasteiger charge is -2.65. The molecule has 28 heavy (non-hydrogen) atoms. The van der Waals surface area contributed by atoms with Crippen molar-refractivity contribution >= 4 is 0 Å². The van der Waals surface area contributed by atoms with E-state index in [2.05, 4.69) is 24.9 Å². The minimum atomic E-state index is -0.0185. The number of aromatic hydroxyl groups is 1. The molecule has 3 aliphatic rings. The monoisotopic (exact) mass is 391 g/mol. The number of benzene rings is 1. The molecule has 160 valence electrons. The highest BCUT2D eigenvalue weighted by Gasteiger charge is 2.63. The molecule has 1 saturated carbocycles. The molecule has 4 rings (SSSR count). The molecule has 1 aliphatic heterocycles. The van der Waals surface area contributed by atoms with Gasteiger partial charge in [0.2, 0.25) is 0 Å². The van der Waals surface area contributed by atoms with Crippen LogP contribution in [0.2, 0.25) is 0 Å². The summed E-state index contributed by atoms with van der Waals surface area (Å²) in [4.78, 5) is 2.54. The molecule has 0 aromatic heterocycles. The summed E-state index contributed by atoms with van der Waals surface area (Å²) in [5.74, 6) is 0.961. The van der Waals surface area contributed by atoms with Crippen LogP contribution in [0.4, 0.5) is 0 Å². The first-order chi connectivity index (χ1) is 13.5. The van der Waals surface area contributed by atoms with E-state index in [4.69, 9.17) is 9.47 Å². The predicted molar refractivity (Wildman–Crippen MR) is 117 cm³/mol. The maximum atomic E-state index is 11.0. The molecule has 0 spiro atoms. The smallest absolute Gasteiger partial charge is 0.161 e. The van der Waals surface area contributed by atoms with Crippen molar-refractivity contribution in [3.05, 3.63) is 23.3 Å². The molecule has 1 aromatic carbocycles. The van der Waals surface area contributed by atoms with Crippen molar-refractivity contribution in [2.24, 2.45) is 5.41 Å². The number of likely N-dealkylation sites (N-methyl/N-ethyl adjacent to an activating group) is 1. The lowest BCUT2D eigenvalue weighted by Crippen LogP contribution is -2.67. The van der Waals surface area contributed by atoms with Gasteiger partial charge in [-0.3, -0.25) is 0 Å². The standard InChI is InChI=1S/C20H29NO3.2C2H6/c1-19-8-7-14(23-3)12-20(19)9-10-21(2)16(19)11-13-5-6-15(24-4)18(22)17(13)20;2*1-2/h5-6,14,16,22H,7-12H2,1-4H3;2*1-2H3/t14?,16-,19?,20-;;/m1../s1. The van der Waals surface area contributed by atoms with Crippen molar-refractivity contribution in [3.8, 4) is 11.5 Å². The normalized spacial score (nSPS) is 33.3. The van der Waals surface area contributed by atoms with E-state index < -0.39 is 0 Å². The lowest BCUT2D eigenvalue weighted by atomic mass is 9.44. The van der Waals surface area contributed by atoms with Crippen LogP contribution in [0.3, 0.4) is 0 Å². The van der Waals surface area contributed by atoms with Crippen molar-refractivity contribution in [2.75, 3.05) is 27.8 Å². The number of phenols is 1. The second-order valence-electron chi connectivity index (χ2n) is 8.20. The van der Waals surface area contributed by atoms with Crippen LogP contribution in [0.1, 0.15) is 71.4 Å². The van der Waals surface area contributed by atoms with Crippen LogP contribution >= 0.6 is 0 Å². The van der Waals surface area contributed by atoms with E-state index in [9.17, 15) is 5.11 Å². The SMILES string of the molecule is CC.CC.COc1ccc2c(c1O)[C@]13CCN(C)[C@H](C2)C1(C)CCC(OC)C3. The predicted octanol–water partition coefficient (Wildman–Crippen LogP) is 5.16. The molecule has 1 saturated heterocycles. The van der Waals surface area contributed by atoms with Crippen LogP contribution < -0.4 is 4.74 Å². The quantitative estimate of drug-likeness (QED) is 0.756. The Balaban J connectivity index is 0.000000660. The van der Waals surface area contributed by atoms with E-state index in [0.29, 0.717) is 17.5 Å². The highest BCUT2D eigenvalue weighted by Crippen LogP contribution is 2.65. The first-order valence-corrected chi connectivity index (χ1v) is 11.1. The van der Waals surface area contributed by atoms with Gasteiger partial charge >= 0.3 is 0 Å². The minimum absolute atomic E-state index is 0.0185. The van der Waals surface area contributed by atoms with Crippen molar-refractivity contribution < 1.29 is 14.6 Å². The second-order valence-corrected chi connectivity index (χ2v) is 8.20. The van der Waals surface area contributed by atoms with Crippen molar-refractivity contribution in [1.29, 1.82) is 0 Å². The second kappa shape index (κ2) is 9.04. The van der Waals surface area contributed by atoms with Gasteiger partial charge < -0.3 is 19.5 Å². The van der Waals surface area contributed by atoms with Crippen LogP contribution in [0.15, 0.2) is 12.1 Å². The Morgan fingerprint density at radius 2 is 1.79 bits per heavy atom. The molecule has 2 aliphatic carbocycles. The van der Waals surface area contributed by atoms with Crippen molar-refractivity contribution in [1.82, 2.24) is 4.90 Å². The summed E-state index contributed by atoms with van der Waals surface area (Å²) < 4.78 is 11.2. The van der Waals surface area contributed by atoms with Gasteiger partial charge in [-0.25, -0.2) is 0 Å². The fourth-order valence-electron chi connectivity index (χ4n) is 6.09. The minimum Gasteiger partial charge on any atom is -0.504 e. The van der Waals surface area contributed by atoms with Crippen molar-refractivity contribution in [3.63, 3.8) is 0 Å². The van der Waals surface area contributed by atoms with Crippen molar-refractivity contribution in [2.45, 2.75) is 84.3 Å². The van der Waals surface area contributed by atoms with E-state index in [1.54, 1.807) is 7.11 Å². The van der Waals surface area contributed by atoms with E-state index in [1.807, 2.05) is 40.9 Å². The van der Waals surface area contributed by atoms with E-state index in [-0.39, 0.29) is 16.9 Å². The Labute approximate surface area is 172 Å². The molecule has 2 unspecified atom stereocenters. The van der Waals surface area contributed by atoms with Gasteiger partial charge in [0.1, 0.15) is 0 Å². The fraction of sp³-hybridized carbons (Fsp3) is 0.750. The molecule has 0 radical (unpaired) electrons. The summed E-state index contributed by atoms with van der Waals surface area (Å²) in [6, 6.07) is 4.61. The van der Waals surface area contributed by atoms with Gasteiger partial charge in [-0.1, -0.05) is 40.7 Å². The highest BCUT2D eigenvalue weighted by atomic mass is 16.5. The zero-order valence-corrected chi connectivity index (χ0v) is 19.3. The average Bonchev–Trinajstić information content (AvgIpc) is 2.73. The number of nitrogens with zero attached hydrogens (tertiary/aromatic N) is 1. The Kier molecular flexibility index (Phi) is 7.44. The molecule has 1 aromatic rings. The first kappa shape index (κ1) is 23.0. The third-order valence-electron chi connectivity index (χ3n) is 7.49. The number of ether oxygens (including phenoxy) is 2. The van der Waals surface area contributed by atoms with E-state index in [1.165, 1.54) is 5.56 Å². The Morgan fingerprint density at radius 1 is 1.11 bits per heavy atom. The van der Waals surface area contributed by atoms with Gasteiger partial charge in [-0.15, -0.1) is 0 Å². The third kappa shape index (κ3) is 3.23. The summed E-state index contributed by atoms with van der Waals surface area (Å²) in [5.41, 5.74) is 2.59. The largest absolute Gasteiger partial charge is 0.504 e. The first-order valence-electron chi connectivity index (χ1n) is 11.1. The molecule has 4 atom stereocenters. The number of phenolic OH excluding ortho intramolecular Hbond substituents is 1. The maximum absolute atomic E-state index is 11.0. The average molecular weight is 392 g/mol. The summed E-state index contributed by atoms with van der Waals surface area (Å²) in [5, 5.41) is 11.0. The number of likely N-dealkylation sites (tertiary alicyclic amines) is 1. The number of methoxy groups -OCH3 is 2. The zero-order valence-electron chi connectivity index (χ0n) is 19.3. The number of rotatable bonds is 2. The summed E-state index contributed by atoms with van der Waals surface area (Å²) in [6.45, 7) is 11.5.